The molecule has 4 rings (SSSR count). The maximum atomic E-state index is 12.9. The van der Waals surface area contributed by atoms with E-state index in [2.05, 4.69) is 10.0 Å². The van der Waals surface area contributed by atoms with Crippen LogP contribution in [-0.4, -0.2) is 19.4 Å². The van der Waals surface area contributed by atoms with E-state index in [4.69, 9.17) is 23.2 Å². The van der Waals surface area contributed by atoms with Gasteiger partial charge in [0, 0.05) is 21.8 Å². The number of benzene rings is 3. The Hall–Kier alpha value is -3.25. The van der Waals surface area contributed by atoms with Crippen molar-refractivity contribution in [2.75, 3.05) is 10.0 Å². The molecule has 1 aromatic heterocycles. The van der Waals surface area contributed by atoms with Crippen molar-refractivity contribution in [3.63, 3.8) is 0 Å². The average molecular weight is 587 g/mol. The number of carbonyl (C=O) groups excluding carboxylic acids is 1. The van der Waals surface area contributed by atoms with Crippen LogP contribution >= 0.6 is 34.5 Å². The molecule has 37 heavy (non-hydrogen) atoms. The van der Waals surface area contributed by atoms with Gasteiger partial charge in [0.1, 0.15) is 9.96 Å². The number of nitrogens with one attached hydrogen (secondary N) is 2. The maximum absolute atomic E-state index is 12.9. The Morgan fingerprint density at radius 2 is 1.62 bits per heavy atom. The Labute approximate surface area is 223 Å². The molecule has 4 aromatic rings. The van der Waals surface area contributed by atoms with Crippen molar-refractivity contribution in [3.8, 4) is 16.9 Å². The summed E-state index contributed by atoms with van der Waals surface area (Å²) >= 11 is 12.7. The number of thiophene rings is 1. The number of alkyl halides is 3. The molecule has 0 saturated carbocycles. The molecule has 0 radical (unpaired) electrons. The Morgan fingerprint density at radius 1 is 0.919 bits per heavy atom. The van der Waals surface area contributed by atoms with Crippen molar-refractivity contribution in [1.82, 2.24) is 0 Å². The molecule has 192 valence electrons. The van der Waals surface area contributed by atoms with E-state index in [9.17, 15) is 31.5 Å². The largest absolute Gasteiger partial charge is 0.506 e. The van der Waals surface area contributed by atoms with Crippen LogP contribution in [0.5, 0.6) is 5.75 Å². The van der Waals surface area contributed by atoms with E-state index in [0.29, 0.717) is 11.1 Å². The summed E-state index contributed by atoms with van der Waals surface area (Å²) in [6.07, 6.45) is -4.52. The van der Waals surface area contributed by atoms with Gasteiger partial charge in [-0.25, -0.2) is 8.42 Å². The molecule has 0 unspecified atom stereocenters. The number of sulfonamides is 1. The molecular weight excluding hydrogens is 572 g/mol. The summed E-state index contributed by atoms with van der Waals surface area (Å²) in [4.78, 5) is 12.7. The molecule has 0 bridgehead atoms. The highest BCUT2D eigenvalue weighted by Gasteiger charge is 2.31. The third-order valence-electron chi connectivity index (χ3n) is 5.07. The molecule has 0 fully saturated rings. The monoisotopic (exact) mass is 586 g/mol. The fourth-order valence-corrected chi connectivity index (χ4v) is 6.10. The van der Waals surface area contributed by atoms with E-state index >= 15 is 0 Å². The Balaban J connectivity index is 1.50. The first-order chi connectivity index (χ1) is 17.3. The summed E-state index contributed by atoms with van der Waals surface area (Å²) in [6.45, 7) is 0. The van der Waals surface area contributed by atoms with Crippen molar-refractivity contribution in [1.29, 1.82) is 0 Å². The zero-order valence-electron chi connectivity index (χ0n) is 18.3. The van der Waals surface area contributed by atoms with Crippen LogP contribution in [0.4, 0.5) is 24.5 Å². The number of anilines is 2. The van der Waals surface area contributed by atoms with E-state index in [0.717, 1.165) is 23.5 Å². The van der Waals surface area contributed by atoms with E-state index in [1.165, 1.54) is 60.7 Å². The number of rotatable bonds is 6. The lowest BCUT2D eigenvalue weighted by atomic mass is 10.0. The van der Waals surface area contributed by atoms with Crippen LogP contribution in [0.3, 0.4) is 0 Å². The van der Waals surface area contributed by atoms with Crippen molar-refractivity contribution in [3.05, 3.63) is 93.3 Å². The average Bonchev–Trinajstić information content (AvgIpc) is 3.28. The number of halogens is 5. The first kappa shape index (κ1) is 26.8. The van der Waals surface area contributed by atoms with E-state index in [-0.39, 0.29) is 36.3 Å². The number of aromatic hydroxyl groups is 1. The molecule has 13 heteroatoms. The molecule has 0 aliphatic rings. The number of hydrogen-bond donors (Lipinski definition) is 3. The first-order valence-electron chi connectivity index (χ1n) is 10.2. The van der Waals surface area contributed by atoms with Crippen LogP contribution in [0.15, 0.2) is 77.0 Å². The molecule has 3 N–H and O–H groups in total. The third kappa shape index (κ3) is 6.19. The Kier molecular flexibility index (Phi) is 7.43. The van der Waals surface area contributed by atoms with Crippen LogP contribution in [0.2, 0.25) is 9.36 Å². The van der Waals surface area contributed by atoms with Crippen LogP contribution in [-0.2, 0) is 16.2 Å². The highest BCUT2D eigenvalue weighted by atomic mass is 35.5. The van der Waals surface area contributed by atoms with Crippen LogP contribution in [0.1, 0.15) is 15.9 Å². The van der Waals surface area contributed by atoms with Gasteiger partial charge in [0.05, 0.1) is 15.6 Å². The molecule has 1 amide bonds. The smallest absolute Gasteiger partial charge is 0.416 e. The third-order valence-corrected chi connectivity index (χ3v) is 8.47. The first-order valence-corrected chi connectivity index (χ1v) is 13.3. The van der Waals surface area contributed by atoms with E-state index in [1.807, 2.05) is 0 Å². The van der Waals surface area contributed by atoms with Crippen molar-refractivity contribution in [2.45, 2.75) is 10.4 Å². The van der Waals surface area contributed by atoms with E-state index < -0.39 is 27.7 Å². The summed E-state index contributed by atoms with van der Waals surface area (Å²) in [5.41, 5.74) is 0.255. The number of carbonyl (C=O) groups is 1. The Bertz CT molecular complexity index is 1590. The number of amides is 1. The van der Waals surface area contributed by atoms with Gasteiger partial charge in [0.15, 0.2) is 0 Å². The number of phenolic OH excluding ortho intramolecular Hbond substituents is 1. The van der Waals surface area contributed by atoms with Gasteiger partial charge in [-0.15, -0.1) is 11.3 Å². The highest BCUT2D eigenvalue weighted by molar-refractivity contribution is 7.94. The molecule has 0 aliphatic carbocycles. The summed E-state index contributed by atoms with van der Waals surface area (Å²) in [5, 5.41) is 12.6. The maximum Gasteiger partial charge on any atom is 0.416 e. The predicted molar refractivity (Wildman–Crippen MR) is 138 cm³/mol. The van der Waals surface area contributed by atoms with Gasteiger partial charge in [-0.1, -0.05) is 41.4 Å². The molecule has 0 spiro atoms. The van der Waals surface area contributed by atoms with Gasteiger partial charge in [0.25, 0.3) is 15.9 Å². The van der Waals surface area contributed by atoms with Gasteiger partial charge in [0.2, 0.25) is 0 Å². The van der Waals surface area contributed by atoms with Gasteiger partial charge in [-0.3, -0.25) is 9.52 Å². The van der Waals surface area contributed by atoms with Gasteiger partial charge < -0.3 is 10.4 Å². The second-order valence-electron chi connectivity index (χ2n) is 7.62. The Morgan fingerprint density at radius 3 is 2.22 bits per heavy atom. The quantitative estimate of drug-likeness (QED) is 0.161. The fraction of sp³-hybridized carbons (Fsp3) is 0.0417. The standard InChI is InChI=1S/C24H15Cl2F3N2O4S2/c25-18-11-15(24(27,28)29)5-7-17(18)13-1-3-14(4-2-13)23(33)30-16-6-8-20(32)19(12-16)31-37(34,35)22-10-9-21(26)36-22/h1-12,31-32H,(H,30,33). The summed E-state index contributed by atoms with van der Waals surface area (Å²) in [5.74, 6) is -0.906. The van der Waals surface area contributed by atoms with Crippen LogP contribution < -0.4 is 10.0 Å². The highest BCUT2D eigenvalue weighted by Crippen LogP contribution is 2.36. The zero-order valence-corrected chi connectivity index (χ0v) is 21.5. The van der Waals surface area contributed by atoms with Crippen molar-refractivity contribution < 1.29 is 31.5 Å². The van der Waals surface area contributed by atoms with Crippen molar-refractivity contribution >= 4 is 61.8 Å². The lowest BCUT2D eigenvalue weighted by molar-refractivity contribution is -0.137. The lowest BCUT2D eigenvalue weighted by Gasteiger charge is -2.12. The number of phenols is 1. The molecule has 0 saturated heterocycles. The van der Waals surface area contributed by atoms with Gasteiger partial charge in [-0.2, -0.15) is 13.2 Å². The van der Waals surface area contributed by atoms with Gasteiger partial charge >= 0.3 is 6.18 Å². The van der Waals surface area contributed by atoms with E-state index in [1.54, 1.807) is 0 Å². The normalized spacial score (nSPS) is 11.8. The molecular formula is C24H15Cl2F3N2O4S2. The SMILES string of the molecule is O=C(Nc1ccc(O)c(NS(=O)(=O)c2ccc(Cl)s2)c1)c1ccc(-c2ccc(C(F)(F)F)cc2Cl)cc1. The lowest BCUT2D eigenvalue weighted by Crippen LogP contribution is -2.14. The zero-order chi connectivity index (χ0) is 27.0. The van der Waals surface area contributed by atoms with Crippen molar-refractivity contribution in [2.24, 2.45) is 0 Å². The van der Waals surface area contributed by atoms with Crippen LogP contribution in [0, 0.1) is 0 Å². The summed E-state index contributed by atoms with van der Waals surface area (Å²) < 4.78 is 66.2. The topological polar surface area (TPSA) is 95.5 Å². The minimum absolute atomic E-state index is 0.0559. The second-order valence-corrected chi connectivity index (χ2v) is 11.7. The molecule has 6 nitrogen and oxygen atoms in total. The number of hydrogen-bond acceptors (Lipinski definition) is 5. The van der Waals surface area contributed by atoms with Crippen LogP contribution in [0.25, 0.3) is 11.1 Å². The molecule has 0 atom stereocenters. The minimum Gasteiger partial charge on any atom is -0.506 e. The van der Waals surface area contributed by atoms with Gasteiger partial charge in [-0.05, 0) is 60.2 Å². The fourth-order valence-electron chi connectivity index (χ4n) is 3.26. The summed E-state index contributed by atoms with van der Waals surface area (Å²) in [6, 6.07) is 15.6. The molecule has 1 heterocycles. The second kappa shape index (κ2) is 10.3. The molecule has 3 aromatic carbocycles. The predicted octanol–water partition coefficient (Wildman–Crippen LogP) is 7.50. The summed E-state index contributed by atoms with van der Waals surface area (Å²) in [7, 11) is -4.02. The molecule has 0 aliphatic heterocycles. The minimum atomic E-state index is -4.52.